The zero-order valence-electron chi connectivity index (χ0n) is 16.3. The van der Waals surface area contributed by atoms with Gasteiger partial charge in [0.05, 0.1) is 25.9 Å². The maximum absolute atomic E-state index is 5.97. The zero-order chi connectivity index (χ0) is 18.0. The van der Waals surface area contributed by atoms with Gasteiger partial charge in [0.2, 0.25) is 0 Å². The predicted octanol–water partition coefficient (Wildman–Crippen LogP) is 0.944. The summed E-state index contributed by atoms with van der Waals surface area (Å²) in [4.78, 5) is 9.71. The fraction of sp³-hybridized carbons (Fsp3) is 0.947. The van der Waals surface area contributed by atoms with Crippen LogP contribution in [0.25, 0.3) is 0 Å². The van der Waals surface area contributed by atoms with Crippen LogP contribution < -0.4 is 5.32 Å². The molecule has 0 aromatic carbocycles. The molecule has 0 aliphatic carbocycles. The van der Waals surface area contributed by atoms with E-state index in [1.807, 2.05) is 0 Å². The van der Waals surface area contributed by atoms with Crippen molar-refractivity contribution in [3.63, 3.8) is 0 Å². The minimum atomic E-state index is 0.177. The van der Waals surface area contributed by atoms with Gasteiger partial charge in [-0.25, -0.2) is 0 Å². The minimum Gasteiger partial charge on any atom is -0.379 e. The fourth-order valence-electron chi connectivity index (χ4n) is 3.87. The normalized spacial score (nSPS) is 28.5. The zero-order valence-corrected chi connectivity index (χ0v) is 16.3. The molecular weight excluding hydrogens is 332 g/mol. The summed E-state index contributed by atoms with van der Waals surface area (Å²) in [5.74, 6) is 1.03. The molecule has 7 heteroatoms. The van der Waals surface area contributed by atoms with Crippen LogP contribution in [0.15, 0.2) is 4.99 Å². The molecule has 3 fully saturated rings. The van der Waals surface area contributed by atoms with Gasteiger partial charge in [0.25, 0.3) is 0 Å². The van der Waals surface area contributed by atoms with Gasteiger partial charge in [-0.2, -0.15) is 0 Å². The molecule has 3 rings (SSSR count). The van der Waals surface area contributed by atoms with Crippen LogP contribution in [0.4, 0.5) is 0 Å². The minimum absolute atomic E-state index is 0.177. The van der Waals surface area contributed by atoms with E-state index in [0.717, 1.165) is 97.5 Å². The van der Waals surface area contributed by atoms with Crippen LogP contribution in [-0.2, 0) is 14.2 Å². The highest BCUT2D eigenvalue weighted by molar-refractivity contribution is 5.80. The molecule has 3 heterocycles. The average Bonchev–Trinajstić information content (AvgIpc) is 3.23. The smallest absolute Gasteiger partial charge is 0.194 e. The van der Waals surface area contributed by atoms with E-state index < -0.39 is 0 Å². The number of rotatable bonds is 7. The van der Waals surface area contributed by atoms with Gasteiger partial charge in [-0.3, -0.25) is 9.89 Å². The van der Waals surface area contributed by atoms with Gasteiger partial charge in [0.15, 0.2) is 5.96 Å². The van der Waals surface area contributed by atoms with Gasteiger partial charge < -0.3 is 24.4 Å². The van der Waals surface area contributed by atoms with Gasteiger partial charge in [0.1, 0.15) is 6.10 Å². The van der Waals surface area contributed by atoms with Crippen molar-refractivity contribution >= 4 is 5.96 Å². The lowest BCUT2D eigenvalue weighted by molar-refractivity contribution is -0.0817. The molecule has 3 saturated heterocycles. The molecule has 0 saturated carbocycles. The Balaban J connectivity index is 1.41. The fourth-order valence-corrected chi connectivity index (χ4v) is 3.87. The van der Waals surface area contributed by atoms with Gasteiger partial charge in [0, 0.05) is 45.9 Å². The lowest BCUT2D eigenvalue weighted by atomic mass is 10.1. The molecule has 150 valence electrons. The third-order valence-electron chi connectivity index (χ3n) is 5.36. The number of ether oxygens (including phenoxy) is 3. The summed E-state index contributed by atoms with van der Waals surface area (Å²) < 4.78 is 17.2. The average molecular weight is 369 g/mol. The van der Waals surface area contributed by atoms with Crippen LogP contribution in [0, 0.1) is 0 Å². The van der Waals surface area contributed by atoms with Crippen molar-refractivity contribution in [2.24, 2.45) is 4.99 Å². The number of aliphatic imine (C=N–C) groups is 1. The molecule has 3 aliphatic rings. The predicted molar refractivity (Wildman–Crippen MR) is 103 cm³/mol. The van der Waals surface area contributed by atoms with E-state index in [-0.39, 0.29) is 12.2 Å². The summed E-state index contributed by atoms with van der Waals surface area (Å²) in [5, 5.41) is 3.46. The molecule has 26 heavy (non-hydrogen) atoms. The van der Waals surface area contributed by atoms with Crippen LogP contribution in [0.5, 0.6) is 0 Å². The van der Waals surface area contributed by atoms with Gasteiger partial charge in [-0.1, -0.05) is 0 Å². The maximum atomic E-state index is 5.97. The molecule has 2 atom stereocenters. The van der Waals surface area contributed by atoms with Crippen LogP contribution in [-0.4, -0.2) is 100 Å². The van der Waals surface area contributed by atoms with E-state index in [9.17, 15) is 0 Å². The molecule has 0 aromatic heterocycles. The molecule has 0 amide bonds. The van der Waals surface area contributed by atoms with E-state index in [0.29, 0.717) is 0 Å². The lowest BCUT2D eigenvalue weighted by Gasteiger charge is -2.37. The summed E-state index contributed by atoms with van der Waals surface area (Å²) in [6, 6.07) is 0. The largest absolute Gasteiger partial charge is 0.379 e. The number of morpholine rings is 2. The van der Waals surface area contributed by atoms with Crippen molar-refractivity contribution in [2.45, 2.75) is 44.8 Å². The number of hydrogen-bond acceptors (Lipinski definition) is 5. The SMILES string of the molecule is CCNC(=NCCCCN1CCOCC1)N1CCOC(C2CCCO2)C1. The van der Waals surface area contributed by atoms with Crippen molar-refractivity contribution < 1.29 is 14.2 Å². The Hall–Kier alpha value is -0.890. The second kappa shape index (κ2) is 11.1. The molecule has 0 spiro atoms. The summed E-state index contributed by atoms with van der Waals surface area (Å²) in [6.45, 7) is 12.4. The first-order chi connectivity index (χ1) is 12.9. The first-order valence-electron chi connectivity index (χ1n) is 10.4. The Morgan fingerprint density at radius 1 is 1.04 bits per heavy atom. The van der Waals surface area contributed by atoms with Crippen molar-refractivity contribution in [1.82, 2.24) is 15.1 Å². The second-order valence-electron chi connectivity index (χ2n) is 7.30. The van der Waals surface area contributed by atoms with E-state index in [1.165, 1.54) is 6.42 Å². The molecule has 1 N–H and O–H groups in total. The van der Waals surface area contributed by atoms with Crippen LogP contribution >= 0.6 is 0 Å². The quantitative estimate of drug-likeness (QED) is 0.410. The Morgan fingerprint density at radius 2 is 1.88 bits per heavy atom. The summed E-state index contributed by atoms with van der Waals surface area (Å²) in [6.07, 6.45) is 5.04. The topological polar surface area (TPSA) is 58.6 Å². The lowest BCUT2D eigenvalue weighted by Crippen LogP contribution is -2.53. The van der Waals surface area contributed by atoms with Crippen LogP contribution in [0.1, 0.15) is 32.6 Å². The Labute approximate surface area is 158 Å². The Kier molecular flexibility index (Phi) is 8.45. The van der Waals surface area contributed by atoms with E-state index in [2.05, 4.69) is 22.0 Å². The Morgan fingerprint density at radius 3 is 2.65 bits per heavy atom. The third-order valence-corrected chi connectivity index (χ3v) is 5.36. The number of nitrogens with zero attached hydrogens (tertiary/aromatic N) is 3. The van der Waals surface area contributed by atoms with E-state index in [4.69, 9.17) is 19.2 Å². The van der Waals surface area contributed by atoms with Gasteiger partial charge in [-0.05, 0) is 39.2 Å². The van der Waals surface area contributed by atoms with Crippen molar-refractivity contribution in [1.29, 1.82) is 0 Å². The summed E-state index contributed by atoms with van der Waals surface area (Å²) in [7, 11) is 0. The molecule has 7 nitrogen and oxygen atoms in total. The molecule has 0 aromatic rings. The molecule has 3 aliphatic heterocycles. The molecular formula is C19H36N4O3. The monoisotopic (exact) mass is 368 g/mol. The number of unbranched alkanes of at least 4 members (excludes halogenated alkanes) is 1. The van der Waals surface area contributed by atoms with Crippen molar-refractivity contribution in [3.8, 4) is 0 Å². The van der Waals surface area contributed by atoms with E-state index in [1.54, 1.807) is 0 Å². The van der Waals surface area contributed by atoms with E-state index >= 15 is 0 Å². The number of hydrogen-bond donors (Lipinski definition) is 1. The molecule has 0 radical (unpaired) electrons. The summed E-state index contributed by atoms with van der Waals surface area (Å²) in [5.41, 5.74) is 0. The molecule has 0 bridgehead atoms. The number of nitrogens with one attached hydrogen (secondary N) is 1. The highest BCUT2D eigenvalue weighted by atomic mass is 16.5. The van der Waals surface area contributed by atoms with Crippen molar-refractivity contribution in [2.75, 3.05) is 72.2 Å². The number of guanidine groups is 1. The highest BCUT2D eigenvalue weighted by Crippen LogP contribution is 2.21. The highest BCUT2D eigenvalue weighted by Gasteiger charge is 2.32. The van der Waals surface area contributed by atoms with Gasteiger partial charge in [-0.15, -0.1) is 0 Å². The standard InChI is InChI=1S/C19H36N4O3/c1-2-20-19(21-7-3-4-8-22-9-13-24-14-10-22)23-11-15-26-18(16-23)17-6-5-12-25-17/h17-18H,2-16H2,1H3,(H,20,21). The van der Waals surface area contributed by atoms with Crippen LogP contribution in [0.2, 0.25) is 0 Å². The van der Waals surface area contributed by atoms with Gasteiger partial charge >= 0.3 is 0 Å². The maximum Gasteiger partial charge on any atom is 0.194 e. The second-order valence-corrected chi connectivity index (χ2v) is 7.30. The first kappa shape index (κ1) is 19.9. The molecule has 2 unspecified atom stereocenters. The van der Waals surface area contributed by atoms with Crippen molar-refractivity contribution in [3.05, 3.63) is 0 Å². The third kappa shape index (κ3) is 6.08. The Bertz CT molecular complexity index is 423. The summed E-state index contributed by atoms with van der Waals surface area (Å²) >= 11 is 0. The first-order valence-corrected chi connectivity index (χ1v) is 10.4. The van der Waals surface area contributed by atoms with Crippen LogP contribution in [0.3, 0.4) is 0 Å².